The van der Waals surface area contributed by atoms with Crippen molar-refractivity contribution in [2.75, 3.05) is 18.8 Å². The van der Waals surface area contributed by atoms with E-state index in [1.54, 1.807) is 19.1 Å². The Bertz CT molecular complexity index is 448. The number of benzene rings is 1. The standard InChI is InChI=1S/C15H22N2O2/c1-11-5-4-8-17(10-11)15(18)12(2)19-14-7-3-6-13(16)9-14/h3,6-7,9,11-12H,4-5,8,10,16H2,1-2H3. The number of rotatable bonds is 3. The third-order valence-corrected chi connectivity index (χ3v) is 3.49. The highest BCUT2D eigenvalue weighted by Crippen LogP contribution is 2.19. The van der Waals surface area contributed by atoms with E-state index in [2.05, 4.69) is 6.92 Å². The fourth-order valence-corrected chi connectivity index (χ4v) is 2.49. The molecule has 1 amide bonds. The topological polar surface area (TPSA) is 55.6 Å². The molecule has 104 valence electrons. The fourth-order valence-electron chi connectivity index (χ4n) is 2.49. The van der Waals surface area contributed by atoms with E-state index in [9.17, 15) is 4.79 Å². The van der Waals surface area contributed by atoms with E-state index >= 15 is 0 Å². The van der Waals surface area contributed by atoms with Crippen molar-refractivity contribution >= 4 is 11.6 Å². The molecule has 4 nitrogen and oxygen atoms in total. The minimum atomic E-state index is -0.466. The molecule has 2 atom stereocenters. The van der Waals surface area contributed by atoms with E-state index < -0.39 is 6.10 Å². The van der Waals surface area contributed by atoms with Gasteiger partial charge in [0.25, 0.3) is 5.91 Å². The van der Waals surface area contributed by atoms with Gasteiger partial charge >= 0.3 is 0 Å². The van der Waals surface area contributed by atoms with E-state index in [1.807, 2.05) is 17.0 Å². The van der Waals surface area contributed by atoms with Crippen LogP contribution in [0, 0.1) is 5.92 Å². The van der Waals surface area contributed by atoms with Crippen molar-refractivity contribution in [3.63, 3.8) is 0 Å². The van der Waals surface area contributed by atoms with Gasteiger partial charge in [-0.25, -0.2) is 0 Å². The fraction of sp³-hybridized carbons (Fsp3) is 0.533. The Kier molecular flexibility index (Phi) is 4.30. The SMILES string of the molecule is CC1CCCN(C(=O)C(C)Oc2cccc(N)c2)C1. The number of ether oxygens (including phenoxy) is 1. The van der Waals surface area contributed by atoms with Crippen LogP contribution in [0.5, 0.6) is 5.75 Å². The summed E-state index contributed by atoms with van der Waals surface area (Å²) >= 11 is 0. The second kappa shape index (κ2) is 5.95. The molecule has 0 aromatic heterocycles. The number of hydrogen-bond donors (Lipinski definition) is 1. The molecule has 2 N–H and O–H groups in total. The molecule has 4 heteroatoms. The van der Waals surface area contributed by atoms with Gasteiger partial charge in [-0.2, -0.15) is 0 Å². The number of carbonyl (C=O) groups is 1. The Hall–Kier alpha value is -1.71. The zero-order chi connectivity index (χ0) is 13.8. The van der Waals surface area contributed by atoms with E-state index in [4.69, 9.17) is 10.5 Å². The zero-order valence-corrected chi connectivity index (χ0v) is 11.6. The van der Waals surface area contributed by atoms with Gasteiger partial charge < -0.3 is 15.4 Å². The Morgan fingerprint density at radius 3 is 3.00 bits per heavy atom. The molecule has 1 aromatic rings. The van der Waals surface area contributed by atoms with Crippen molar-refractivity contribution in [3.8, 4) is 5.75 Å². The molecule has 0 aliphatic carbocycles. The molecule has 2 unspecified atom stereocenters. The van der Waals surface area contributed by atoms with Crippen LogP contribution in [-0.2, 0) is 4.79 Å². The van der Waals surface area contributed by atoms with Crippen LogP contribution in [0.3, 0.4) is 0 Å². The van der Waals surface area contributed by atoms with Crippen LogP contribution >= 0.6 is 0 Å². The van der Waals surface area contributed by atoms with Gasteiger partial charge in [0, 0.05) is 24.8 Å². The molecule has 0 saturated carbocycles. The lowest BCUT2D eigenvalue weighted by atomic mass is 10.00. The van der Waals surface area contributed by atoms with Crippen LogP contribution in [0.1, 0.15) is 26.7 Å². The van der Waals surface area contributed by atoms with Crippen molar-refractivity contribution in [3.05, 3.63) is 24.3 Å². The maximum absolute atomic E-state index is 12.3. The van der Waals surface area contributed by atoms with Gasteiger partial charge in [0.2, 0.25) is 0 Å². The summed E-state index contributed by atoms with van der Waals surface area (Å²) in [5.41, 5.74) is 6.34. The molecule has 19 heavy (non-hydrogen) atoms. The van der Waals surface area contributed by atoms with Crippen molar-refractivity contribution in [1.82, 2.24) is 4.90 Å². The zero-order valence-electron chi connectivity index (χ0n) is 11.6. The molecule has 1 aliphatic rings. The Morgan fingerprint density at radius 1 is 1.53 bits per heavy atom. The van der Waals surface area contributed by atoms with Crippen LogP contribution in [0.25, 0.3) is 0 Å². The monoisotopic (exact) mass is 262 g/mol. The summed E-state index contributed by atoms with van der Waals surface area (Å²) in [5, 5.41) is 0. The number of carbonyl (C=O) groups excluding carboxylic acids is 1. The minimum absolute atomic E-state index is 0.0639. The number of piperidine rings is 1. The minimum Gasteiger partial charge on any atom is -0.481 e. The molecule has 1 heterocycles. The highest BCUT2D eigenvalue weighted by Gasteiger charge is 2.25. The van der Waals surface area contributed by atoms with Crippen LogP contribution < -0.4 is 10.5 Å². The Labute approximate surface area is 114 Å². The number of nitrogens with zero attached hydrogens (tertiary/aromatic N) is 1. The molecule has 1 aliphatic heterocycles. The molecular weight excluding hydrogens is 240 g/mol. The number of nitrogen functional groups attached to an aromatic ring is 1. The van der Waals surface area contributed by atoms with E-state index in [0.717, 1.165) is 19.5 Å². The summed E-state index contributed by atoms with van der Waals surface area (Å²) < 4.78 is 5.67. The second-order valence-electron chi connectivity index (χ2n) is 5.36. The number of anilines is 1. The molecule has 0 bridgehead atoms. The number of amides is 1. The Balaban J connectivity index is 1.95. The molecule has 1 fully saturated rings. The quantitative estimate of drug-likeness (QED) is 0.850. The molecule has 0 spiro atoms. The average Bonchev–Trinajstić information content (AvgIpc) is 2.38. The van der Waals surface area contributed by atoms with Gasteiger partial charge in [-0.05, 0) is 37.8 Å². The maximum atomic E-state index is 12.3. The second-order valence-corrected chi connectivity index (χ2v) is 5.36. The third-order valence-electron chi connectivity index (χ3n) is 3.49. The summed E-state index contributed by atoms with van der Waals surface area (Å²) in [5.74, 6) is 1.29. The summed E-state index contributed by atoms with van der Waals surface area (Å²) in [6, 6.07) is 7.18. The summed E-state index contributed by atoms with van der Waals surface area (Å²) in [7, 11) is 0. The highest BCUT2D eigenvalue weighted by atomic mass is 16.5. The third kappa shape index (κ3) is 3.63. The lowest BCUT2D eigenvalue weighted by Crippen LogP contribution is -2.45. The van der Waals surface area contributed by atoms with Gasteiger partial charge in [0.05, 0.1) is 0 Å². The van der Waals surface area contributed by atoms with Crippen molar-refractivity contribution < 1.29 is 9.53 Å². The molecule has 1 aromatic carbocycles. The Morgan fingerprint density at radius 2 is 2.32 bits per heavy atom. The van der Waals surface area contributed by atoms with E-state index in [0.29, 0.717) is 17.4 Å². The predicted octanol–water partition coefficient (Wildman–Crippen LogP) is 2.29. The number of likely N-dealkylation sites (tertiary alicyclic amines) is 1. The maximum Gasteiger partial charge on any atom is 0.263 e. The molecule has 0 radical (unpaired) electrons. The first-order valence-corrected chi connectivity index (χ1v) is 6.87. The molecule has 1 saturated heterocycles. The highest BCUT2D eigenvalue weighted by molar-refractivity contribution is 5.81. The van der Waals surface area contributed by atoms with E-state index in [-0.39, 0.29) is 5.91 Å². The van der Waals surface area contributed by atoms with Crippen LogP contribution in [0.15, 0.2) is 24.3 Å². The summed E-state index contributed by atoms with van der Waals surface area (Å²) in [6.07, 6.45) is 1.82. The lowest BCUT2D eigenvalue weighted by molar-refractivity contribution is -0.139. The molecular formula is C15H22N2O2. The van der Waals surface area contributed by atoms with Gasteiger partial charge in [-0.3, -0.25) is 4.79 Å². The van der Waals surface area contributed by atoms with Gasteiger partial charge in [0.15, 0.2) is 6.10 Å². The van der Waals surface area contributed by atoms with Crippen LogP contribution in [-0.4, -0.2) is 30.0 Å². The number of nitrogens with two attached hydrogens (primary N) is 1. The number of hydrogen-bond acceptors (Lipinski definition) is 3. The van der Waals surface area contributed by atoms with E-state index in [1.165, 1.54) is 6.42 Å². The largest absolute Gasteiger partial charge is 0.481 e. The summed E-state index contributed by atoms with van der Waals surface area (Å²) in [4.78, 5) is 14.2. The van der Waals surface area contributed by atoms with Gasteiger partial charge in [0.1, 0.15) is 5.75 Å². The first-order chi connectivity index (χ1) is 9.06. The van der Waals surface area contributed by atoms with Crippen molar-refractivity contribution in [2.45, 2.75) is 32.8 Å². The average molecular weight is 262 g/mol. The first kappa shape index (κ1) is 13.7. The molecule has 2 rings (SSSR count). The predicted molar refractivity (Wildman–Crippen MR) is 75.9 cm³/mol. The lowest BCUT2D eigenvalue weighted by Gasteiger charge is -2.32. The van der Waals surface area contributed by atoms with Crippen LogP contribution in [0.4, 0.5) is 5.69 Å². The smallest absolute Gasteiger partial charge is 0.263 e. The van der Waals surface area contributed by atoms with Gasteiger partial charge in [-0.15, -0.1) is 0 Å². The normalized spacial score (nSPS) is 20.9. The van der Waals surface area contributed by atoms with Gasteiger partial charge in [-0.1, -0.05) is 13.0 Å². The summed E-state index contributed by atoms with van der Waals surface area (Å²) in [6.45, 7) is 5.66. The van der Waals surface area contributed by atoms with Crippen molar-refractivity contribution in [2.24, 2.45) is 5.92 Å². The van der Waals surface area contributed by atoms with Crippen LogP contribution in [0.2, 0.25) is 0 Å². The first-order valence-electron chi connectivity index (χ1n) is 6.87. The van der Waals surface area contributed by atoms with Crippen molar-refractivity contribution in [1.29, 1.82) is 0 Å².